The third kappa shape index (κ3) is 4.15. The molecule has 128 valence electrons. The molecule has 0 saturated carbocycles. The lowest BCUT2D eigenvalue weighted by Crippen LogP contribution is -2.19. The number of nitrogens with one attached hydrogen (secondary N) is 2. The lowest BCUT2D eigenvalue weighted by Gasteiger charge is -2.14. The molecule has 24 heavy (non-hydrogen) atoms. The minimum Gasteiger partial charge on any atom is -0.495 e. The fourth-order valence-electron chi connectivity index (χ4n) is 1.99. The lowest BCUT2D eigenvalue weighted by atomic mass is 10.2. The van der Waals surface area contributed by atoms with Gasteiger partial charge in [-0.3, -0.25) is 0 Å². The Labute approximate surface area is 149 Å². The van der Waals surface area contributed by atoms with E-state index in [1.807, 2.05) is 0 Å². The van der Waals surface area contributed by atoms with Crippen molar-refractivity contribution in [2.45, 2.75) is 0 Å². The average molecular weight is 371 g/mol. The van der Waals surface area contributed by atoms with Crippen LogP contribution in [-0.4, -0.2) is 27.4 Å². The van der Waals surface area contributed by atoms with E-state index in [-0.39, 0.29) is 0 Å². The number of methoxy groups -OCH3 is 3. The molecule has 0 fully saturated rings. The van der Waals surface area contributed by atoms with Crippen LogP contribution in [0.15, 0.2) is 30.3 Å². The molecule has 0 aliphatic rings. The summed E-state index contributed by atoms with van der Waals surface area (Å²) < 4.78 is 15.4. The van der Waals surface area contributed by atoms with Crippen LogP contribution in [0.25, 0.3) is 0 Å². The number of carbonyl (C=O) groups is 1. The summed E-state index contributed by atoms with van der Waals surface area (Å²) in [5.41, 5.74) is 0.925. The second-order valence-electron chi connectivity index (χ2n) is 4.62. The molecule has 2 aromatic carbocycles. The molecule has 2 aromatic rings. The Balaban J connectivity index is 2.16. The van der Waals surface area contributed by atoms with Crippen LogP contribution in [0.4, 0.5) is 16.2 Å². The molecular weight excluding hydrogens is 355 g/mol. The first-order valence-electron chi connectivity index (χ1n) is 6.81. The van der Waals surface area contributed by atoms with Crippen LogP contribution >= 0.6 is 23.2 Å². The summed E-state index contributed by atoms with van der Waals surface area (Å²) in [4.78, 5) is 12.2. The van der Waals surface area contributed by atoms with Crippen molar-refractivity contribution in [1.29, 1.82) is 0 Å². The largest absolute Gasteiger partial charge is 0.495 e. The third-order valence-electron chi connectivity index (χ3n) is 3.13. The van der Waals surface area contributed by atoms with Crippen LogP contribution in [0.5, 0.6) is 17.2 Å². The number of anilines is 2. The first-order chi connectivity index (χ1) is 11.5. The topological polar surface area (TPSA) is 68.8 Å². The molecule has 0 radical (unpaired) electrons. The molecule has 2 amide bonds. The Morgan fingerprint density at radius 1 is 0.833 bits per heavy atom. The van der Waals surface area contributed by atoms with Gasteiger partial charge in [-0.15, -0.1) is 0 Å². The van der Waals surface area contributed by atoms with Crippen molar-refractivity contribution >= 4 is 40.6 Å². The summed E-state index contributed by atoms with van der Waals surface area (Å²) in [7, 11) is 4.47. The molecule has 0 atom stereocenters. The second kappa shape index (κ2) is 7.99. The molecule has 0 bridgehead atoms. The van der Waals surface area contributed by atoms with Gasteiger partial charge in [0.1, 0.15) is 17.2 Å². The van der Waals surface area contributed by atoms with Gasteiger partial charge in [0.2, 0.25) is 0 Å². The molecular formula is C16H16Cl2N2O4. The number of benzene rings is 2. The number of rotatable bonds is 5. The Bertz CT molecular complexity index is 753. The van der Waals surface area contributed by atoms with E-state index >= 15 is 0 Å². The van der Waals surface area contributed by atoms with Gasteiger partial charge in [0.15, 0.2) is 0 Å². The van der Waals surface area contributed by atoms with Gasteiger partial charge >= 0.3 is 6.03 Å². The van der Waals surface area contributed by atoms with Crippen LogP contribution in [0.2, 0.25) is 10.0 Å². The maximum Gasteiger partial charge on any atom is 0.323 e. The Hall–Kier alpha value is -2.31. The number of carbonyl (C=O) groups excluding carboxylic acids is 1. The molecule has 0 spiro atoms. The molecule has 2 N–H and O–H groups in total. The van der Waals surface area contributed by atoms with E-state index < -0.39 is 6.03 Å². The fraction of sp³-hybridized carbons (Fsp3) is 0.188. The number of hydrogen-bond donors (Lipinski definition) is 2. The highest BCUT2D eigenvalue weighted by atomic mass is 35.5. The Morgan fingerprint density at radius 2 is 1.46 bits per heavy atom. The van der Waals surface area contributed by atoms with Crippen LogP contribution in [-0.2, 0) is 0 Å². The summed E-state index contributed by atoms with van der Waals surface area (Å²) in [6.07, 6.45) is 0. The number of halogens is 2. The predicted octanol–water partition coefficient (Wildman–Crippen LogP) is 4.66. The zero-order valence-corrected chi connectivity index (χ0v) is 14.8. The summed E-state index contributed by atoms with van der Waals surface area (Å²) in [5, 5.41) is 6.11. The van der Waals surface area contributed by atoms with Gasteiger partial charge < -0.3 is 24.8 Å². The molecule has 0 aliphatic heterocycles. The maximum absolute atomic E-state index is 12.2. The van der Waals surface area contributed by atoms with Gasteiger partial charge in [-0.05, 0) is 18.2 Å². The quantitative estimate of drug-likeness (QED) is 0.802. The molecule has 0 aliphatic carbocycles. The Kier molecular flexibility index (Phi) is 6.00. The highest BCUT2D eigenvalue weighted by Crippen LogP contribution is 2.36. The molecule has 8 heteroatoms. The van der Waals surface area contributed by atoms with Gasteiger partial charge in [0.25, 0.3) is 0 Å². The summed E-state index contributed by atoms with van der Waals surface area (Å²) in [6.45, 7) is 0. The zero-order chi connectivity index (χ0) is 17.7. The van der Waals surface area contributed by atoms with Gasteiger partial charge in [0.05, 0.1) is 37.1 Å². The number of hydrogen-bond acceptors (Lipinski definition) is 4. The molecule has 0 aromatic heterocycles. The minimum atomic E-state index is -0.473. The summed E-state index contributed by atoms with van der Waals surface area (Å²) in [6, 6.07) is 7.56. The molecule has 2 rings (SSSR count). The predicted molar refractivity (Wildman–Crippen MR) is 95.2 cm³/mol. The smallest absolute Gasteiger partial charge is 0.323 e. The van der Waals surface area contributed by atoms with Crippen molar-refractivity contribution in [1.82, 2.24) is 0 Å². The van der Waals surface area contributed by atoms with Crippen molar-refractivity contribution in [3.05, 3.63) is 40.4 Å². The summed E-state index contributed by atoms with van der Waals surface area (Å²) >= 11 is 12.1. The summed E-state index contributed by atoms with van der Waals surface area (Å²) in [5.74, 6) is 1.34. The number of ether oxygens (including phenoxy) is 3. The van der Waals surface area contributed by atoms with Crippen LogP contribution in [0, 0.1) is 0 Å². The van der Waals surface area contributed by atoms with E-state index in [1.165, 1.54) is 21.3 Å². The van der Waals surface area contributed by atoms with Gasteiger partial charge in [-0.25, -0.2) is 4.79 Å². The van der Waals surface area contributed by atoms with E-state index in [0.717, 1.165) is 0 Å². The minimum absolute atomic E-state index is 0.377. The first-order valence-corrected chi connectivity index (χ1v) is 7.57. The van der Waals surface area contributed by atoms with Gasteiger partial charge in [0, 0.05) is 17.8 Å². The zero-order valence-electron chi connectivity index (χ0n) is 13.3. The highest BCUT2D eigenvalue weighted by Gasteiger charge is 2.13. The van der Waals surface area contributed by atoms with Crippen molar-refractivity contribution in [2.75, 3.05) is 32.0 Å². The van der Waals surface area contributed by atoms with Crippen molar-refractivity contribution in [3.8, 4) is 17.2 Å². The van der Waals surface area contributed by atoms with E-state index in [9.17, 15) is 4.79 Å². The fourth-order valence-corrected chi connectivity index (χ4v) is 2.48. The average Bonchev–Trinajstić information content (AvgIpc) is 2.56. The highest BCUT2D eigenvalue weighted by molar-refractivity contribution is 6.32. The monoisotopic (exact) mass is 370 g/mol. The number of amides is 2. The van der Waals surface area contributed by atoms with Crippen molar-refractivity contribution in [2.24, 2.45) is 0 Å². The van der Waals surface area contributed by atoms with Crippen LogP contribution in [0.1, 0.15) is 0 Å². The number of urea groups is 1. The normalized spacial score (nSPS) is 10.0. The molecule has 0 saturated heterocycles. The second-order valence-corrected chi connectivity index (χ2v) is 5.43. The van der Waals surface area contributed by atoms with Crippen LogP contribution < -0.4 is 24.8 Å². The standard InChI is InChI=1S/C16H16Cl2N2O4/c1-22-13-5-4-9(6-10(13)17)19-16(21)20-12-8-14(23-2)11(18)7-15(12)24-3/h4-8H,1-3H3,(H2,19,20,21). The van der Waals surface area contributed by atoms with Crippen LogP contribution in [0.3, 0.4) is 0 Å². The third-order valence-corrected chi connectivity index (χ3v) is 3.72. The Morgan fingerprint density at radius 3 is 2.04 bits per heavy atom. The molecule has 0 unspecified atom stereocenters. The van der Waals surface area contributed by atoms with Gasteiger partial charge in [-0.1, -0.05) is 23.2 Å². The molecule has 6 nitrogen and oxygen atoms in total. The van der Waals surface area contributed by atoms with Gasteiger partial charge in [-0.2, -0.15) is 0 Å². The van der Waals surface area contributed by atoms with E-state index in [4.69, 9.17) is 37.4 Å². The van der Waals surface area contributed by atoms with E-state index in [2.05, 4.69) is 10.6 Å². The SMILES string of the molecule is COc1ccc(NC(=O)Nc2cc(OC)c(Cl)cc2OC)cc1Cl. The lowest BCUT2D eigenvalue weighted by molar-refractivity contribution is 0.262. The first kappa shape index (κ1) is 18.0. The maximum atomic E-state index is 12.2. The molecule has 0 heterocycles. The van der Waals surface area contributed by atoms with Crippen molar-refractivity contribution in [3.63, 3.8) is 0 Å². The van der Waals surface area contributed by atoms with E-state index in [1.54, 1.807) is 30.3 Å². The van der Waals surface area contributed by atoms with Crippen molar-refractivity contribution < 1.29 is 19.0 Å². The van der Waals surface area contributed by atoms with E-state index in [0.29, 0.717) is 38.7 Å².